The van der Waals surface area contributed by atoms with Crippen LogP contribution in [0.1, 0.15) is 15.9 Å². The van der Waals surface area contributed by atoms with Crippen molar-refractivity contribution >= 4 is 16.9 Å². The average Bonchev–Trinajstić information content (AvgIpc) is 2.56. The van der Waals surface area contributed by atoms with Crippen LogP contribution < -0.4 is 10.9 Å². The molecule has 0 saturated heterocycles. The summed E-state index contributed by atoms with van der Waals surface area (Å²) in [7, 11) is 0. The van der Waals surface area contributed by atoms with Gasteiger partial charge in [-0.1, -0.05) is 36.4 Å². The second-order valence-electron chi connectivity index (χ2n) is 5.12. The minimum Gasteiger partial charge on any atom is -0.508 e. The van der Waals surface area contributed by atoms with Crippen LogP contribution in [0.15, 0.2) is 63.8 Å². The van der Waals surface area contributed by atoms with Crippen LogP contribution in [-0.4, -0.2) is 17.6 Å². The van der Waals surface area contributed by atoms with E-state index < -0.39 is 11.5 Å². The Balaban J connectivity index is 1.72. The Morgan fingerprint density at radius 3 is 2.65 bits per heavy atom. The van der Waals surface area contributed by atoms with Crippen LogP contribution >= 0.6 is 0 Å². The molecule has 0 bridgehead atoms. The number of carbonyl (C=O) groups excluding carboxylic acids is 1. The van der Waals surface area contributed by atoms with E-state index in [2.05, 4.69) is 5.32 Å². The SMILES string of the molecule is O=C(NCCc1ccccc1O)c1cc2ccccc2oc1=O. The molecular weight excluding hydrogens is 294 g/mol. The van der Waals surface area contributed by atoms with Gasteiger partial charge in [-0.3, -0.25) is 4.79 Å². The fourth-order valence-electron chi connectivity index (χ4n) is 2.35. The first-order valence-electron chi connectivity index (χ1n) is 7.23. The zero-order valence-electron chi connectivity index (χ0n) is 12.3. The van der Waals surface area contributed by atoms with E-state index in [1.165, 1.54) is 6.07 Å². The summed E-state index contributed by atoms with van der Waals surface area (Å²) in [4.78, 5) is 24.0. The van der Waals surface area contributed by atoms with Gasteiger partial charge in [-0.05, 0) is 30.2 Å². The van der Waals surface area contributed by atoms with E-state index in [1.807, 2.05) is 12.1 Å². The van der Waals surface area contributed by atoms with Crippen molar-refractivity contribution in [3.8, 4) is 5.75 Å². The van der Waals surface area contributed by atoms with Gasteiger partial charge in [0.2, 0.25) is 0 Å². The Kier molecular flexibility index (Phi) is 4.10. The number of fused-ring (bicyclic) bond motifs is 1. The maximum atomic E-state index is 12.2. The Hall–Kier alpha value is -3.08. The summed E-state index contributed by atoms with van der Waals surface area (Å²) in [6, 6.07) is 15.5. The molecule has 1 heterocycles. The maximum Gasteiger partial charge on any atom is 0.349 e. The van der Waals surface area contributed by atoms with Gasteiger partial charge in [0, 0.05) is 11.9 Å². The topological polar surface area (TPSA) is 79.5 Å². The summed E-state index contributed by atoms with van der Waals surface area (Å²) < 4.78 is 5.14. The number of amides is 1. The molecule has 0 spiro atoms. The predicted octanol–water partition coefficient (Wildman–Crippen LogP) is 2.47. The molecule has 3 rings (SSSR count). The highest BCUT2D eigenvalue weighted by Gasteiger charge is 2.13. The number of hydrogen-bond donors (Lipinski definition) is 2. The molecule has 2 N–H and O–H groups in total. The second kappa shape index (κ2) is 6.36. The molecule has 116 valence electrons. The van der Waals surface area contributed by atoms with E-state index in [0.717, 1.165) is 5.56 Å². The first-order valence-corrected chi connectivity index (χ1v) is 7.23. The monoisotopic (exact) mass is 309 g/mol. The van der Waals surface area contributed by atoms with E-state index in [9.17, 15) is 14.7 Å². The summed E-state index contributed by atoms with van der Waals surface area (Å²) in [5, 5.41) is 13.0. The smallest absolute Gasteiger partial charge is 0.349 e. The summed E-state index contributed by atoms with van der Waals surface area (Å²) in [5.41, 5.74) is 0.492. The number of para-hydroxylation sites is 2. The number of carbonyl (C=O) groups is 1. The first kappa shape index (κ1) is 14.8. The molecule has 1 aromatic heterocycles. The van der Waals surface area contributed by atoms with E-state index in [-0.39, 0.29) is 11.3 Å². The maximum absolute atomic E-state index is 12.2. The molecule has 2 aromatic carbocycles. The van der Waals surface area contributed by atoms with Crippen molar-refractivity contribution in [1.82, 2.24) is 5.32 Å². The zero-order valence-corrected chi connectivity index (χ0v) is 12.3. The molecule has 1 amide bonds. The van der Waals surface area contributed by atoms with Crippen molar-refractivity contribution in [2.75, 3.05) is 6.54 Å². The van der Waals surface area contributed by atoms with Crippen molar-refractivity contribution < 1.29 is 14.3 Å². The first-order chi connectivity index (χ1) is 11.1. The van der Waals surface area contributed by atoms with Crippen molar-refractivity contribution in [2.45, 2.75) is 6.42 Å². The molecule has 0 atom stereocenters. The third-order valence-electron chi connectivity index (χ3n) is 3.56. The summed E-state index contributed by atoms with van der Waals surface area (Å²) in [5.74, 6) is -0.299. The van der Waals surface area contributed by atoms with Crippen LogP contribution in [-0.2, 0) is 6.42 Å². The highest BCUT2D eigenvalue weighted by atomic mass is 16.4. The van der Waals surface area contributed by atoms with Gasteiger partial charge in [-0.25, -0.2) is 4.79 Å². The highest BCUT2D eigenvalue weighted by molar-refractivity contribution is 5.96. The summed E-state index contributed by atoms with van der Waals surface area (Å²) in [6.45, 7) is 0.308. The van der Waals surface area contributed by atoms with E-state index in [1.54, 1.807) is 36.4 Å². The number of rotatable bonds is 4. The molecule has 0 aliphatic rings. The molecule has 0 unspecified atom stereocenters. The Labute approximate surface area is 132 Å². The average molecular weight is 309 g/mol. The van der Waals surface area contributed by atoms with Gasteiger partial charge in [-0.2, -0.15) is 0 Å². The molecule has 0 saturated carbocycles. The van der Waals surface area contributed by atoms with Crippen LogP contribution in [0.3, 0.4) is 0 Å². The minimum atomic E-state index is -0.663. The van der Waals surface area contributed by atoms with Crippen molar-refractivity contribution in [3.05, 3.63) is 76.1 Å². The quantitative estimate of drug-likeness (QED) is 0.726. The molecule has 0 aliphatic heterocycles. The number of benzene rings is 2. The predicted molar refractivity (Wildman–Crippen MR) is 86.6 cm³/mol. The largest absolute Gasteiger partial charge is 0.508 e. The number of nitrogens with one attached hydrogen (secondary N) is 1. The lowest BCUT2D eigenvalue weighted by Crippen LogP contribution is -2.29. The number of hydrogen-bond acceptors (Lipinski definition) is 4. The van der Waals surface area contributed by atoms with Crippen LogP contribution in [0, 0.1) is 0 Å². The third-order valence-corrected chi connectivity index (χ3v) is 3.56. The van der Waals surface area contributed by atoms with Crippen LogP contribution in [0.25, 0.3) is 11.0 Å². The van der Waals surface area contributed by atoms with E-state index in [4.69, 9.17) is 4.42 Å². The lowest BCUT2D eigenvalue weighted by molar-refractivity contribution is 0.0950. The Morgan fingerprint density at radius 2 is 1.83 bits per heavy atom. The van der Waals surface area contributed by atoms with Gasteiger partial charge in [0.15, 0.2) is 0 Å². The Morgan fingerprint density at radius 1 is 1.09 bits per heavy atom. The van der Waals surface area contributed by atoms with Crippen LogP contribution in [0.5, 0.6) is 5.75 Å². The Bertz CT molecular complexity index is 914. The molecule has 23 heavy (non-hydrogen) atoms. The standard InChI is InChI=1S/C18H15NO4/c20-15-7-3-1-5-12(15)9-10-19-17(21)14-11-13-6-2-4-8-16(13)23-18(14)22/h1-8,11,20H,9-10H2,(H,19,21). The molecule has 3 aromatic rings. The number of phenols is 1. The zero-order chi connectivity index (χ0) is 16.2. The van der Waals surface area contributed by atoms with Crippen molar-refractivity contribution in [1.29, 1.82) is 0 Å². The van der Waals surface area contributed by atoms with E-state index >= 15 is 0 Å². The van der Waals surface area contributed by atoms with Crippen LogP contribution in [0.4, 0.5) is 0 Å². The molecule has 0 aliphatic carbocycles. The number of aromatic hydroxyl groups is 1. The van der Waals surface area contributed by atoms with Gasteiger partial charge in [0.25, 0.3) is 5.91 Å². The van der Waals surface area contributed by atoms with Gasteiger partial charge in [0.1, 0.15) is 16.9 Å². The second-order valence-corrected chi connectivity index (χ2v) is 5.12. The third kappa shape index (κ3) is 3.23. The van der Waals surface area contributed by atoms with Gasteiger partial charge >= 0.3 is 5.63 Å². The summed E-state index contributed by atoms with van der Waals surface area (Å²) in [6.07, 6.45) is 0.470. The summed E-state index contributed by atoms with van der Waals surface area (Å²) >= 11 is 0. The molecular formula is C18H15NO4. The van der Waals surface area contributed by atoms with Crippen molar-refractivity contribution in [2.24, 2.45) is 0 Å². The highest BCUT2D eigenvalue weighted by Crippen LogP contribution is 2.15. The van der Waals surface area contributed by atoms with Crippen LogP contribution in [0.2, 0.25) is 0 Å². The number of phenolic OH excluding ortho intramolecular Hbond substituents is 1. The molecule has 5 nitrogen and oxygen atoms in total. The fraction of sp³-hybridized carbons (Fsp3) is 0.111. The minimum absolute atomic E-state index is 0.0269. The normalized spacial score (nSPS) is 10.6. The molecule has 0 radical (unpaired) electrons. The van der Waals surface area contributed by atoms with Gasteiger partial charge in [0.05, 0.1) is 0 Å². The fourth-order valence-corrected chi connectivity index (χ4v) is 2.35. The lowest BCUT2D eigenvalue weighted by atomic mass is 10.1. The molecule has 0 fully saturated rings. The van der Waals surface area contributed by atoms with E-state index in [0.29, 0.717) is 23.9 Å². The van der Waals surface area contributed by atoms with Gasteiger partial charge < -0.3 is 14.8 Å². The van der Waals surface area contributed by atoms with Crippen molar-refractivity contribution in [3.63, 3.8) is 0 Å². The lowest BCUT2D eigenvalue weighted by Gasteiger charge is -2.06. The molecule has 5 heteroatoms. The van der Waals surface area contributed by atoms with Gasteiger partial charge in [-0.15, -0.1) is 0 Å².